The fourth-order valence-electron chi connectivity index (χ4n) is 4.80. The number of carbonyl (C=O) groups is 1. The van der Waals surface area contributed by atoms with E-state index in [9.17, 15) is 9.90 Å². The molecule has 2 N–H and O–H groups in total. The van der Waals surface area contributed by atoms with Gasteiger partial charge in [0.25, 0.3) is 5.91 Å². The fourth-order valence-corrected chi connectivity index (χ4v) is 4.80. The average molecular weight is 330 g/mol. The Morgan fingerprint density at radius 1 is 1.25 bits per heavy atom. The van der Waals surface area contributed by atoms with Gasteiger partial charge in [0, 0.05) is 25.6 Å². The molecule has 1 amide bonds. The summed E-state index contributed by atoms with van der Waals surface area (Å²) in [5.74, 6) is 1.67. The van der Waals surface area contributed by atoms with Crippen molar-refractivity contribution in [2.45, 2.75) is 37.3 Å². The third-order valence-electron chi connectivity index (χ3n) is 6.11. The number of aliphatic hydroxyl groups is 1. The first-order valence-corrected chi connectivity index (χ1v) is 9.00. The average Bonchev–Trinajstić information content (AvgIpc) is 3.30. The largest absolute Gasteiger partial charge is 0.497 e. The number of hydrogen-bond acceptors (Lipinski definition) is 4. The molecule has 0 unspecified atom stereocenters. The van der Waals surface area contributed by atoms with Crippen LogP contribution in [0.2, 0.25) is 0 Å². The molecule has 1 aliphatic carbocycles. The minimum atomic E-state index is -1.14. The van der Waals surface area contributed by atoms with Gasteiger partial charge in [-0.05, 0) is 49.3 Å². The number of likely N-dealkylation sites (tertiary alicyclic amines) is 1. The van der Waals surface area contributed by atoms with Gasteiger partial charge in [-0.2, -0.15) is 0 Å². The van der Waals surface area contributed by atoms with Crippen LogP contribution in [0.5, 0.6) is 5.75 Å². The molecule has 5 nitrogen and oxygen atoms in total. The van der Waals surface area contributed by atoms with Gasteiger partial charge in [-0.3, -0.25) is 4.79 Å². The summed E-state index contributed by atoms with van der Waals surface area (Å²) in [4.78, 5) is 15.1. The van der Waals surface area contributed by atoms with Gasteiger partial charge >= 0.3 is 0 Å². The first-order valence-electron chi connectivity index (χ1n) is 9.00. The number of nitrogens with one attached hydrogen (secondary N) is 1. The van der Waals surface area contributed by atoms with Crippen molar-refractivity contribution in [1.82, 2.24) is 10.2 Å². The minimum absolute atomic E-state index is 0.0491. The van der Waals surface area contributed by atoms with Gasteiger partial charge in [0.15, 0.2) is 0 Å². The van der Waals surface area contributed by atoms with Crippen molar-refractivity contribution >= 4 is 5.91 Å². The molecular weight excluding hydrogens is 304 g/mol. The van der Waals surface area contributed by atoms with E-state index < -0.39 is 5.60 Å². The Balaban J connectivity index is 1.65. The molecule has 1 saturated carbocycles. The zero-order valence-electron chi connectivity index (χ0n) is 14.2. The lowest BCUT2D eigenvalue weighted by atomic mass is 9.89. The molecule has 3 aliphatic rings. The van der Waals surface area contributed by atoms with Gasteiger partial charge in [0.05, 0.1) is 13.2 Å². The highest BCUT2D eigenvalue weighted by Gasteiger charge is 2.51. The fraction of sp³-hybridized carbons (Fsp3) is 0.632. The molecule has 2 heterocycles. The SMILES string of the molecule is COc1ccc([C@H]2[C@H]3CNC[C@H]3CN2C(=O)C2(O)CCCC2)cc1. The summed E-state index contributed by atoms with van der Waals surface area (Å²) in [6.45, 7) is 2.64. The second kappa shape index (κ2) is 6.05. The number of carbonyl (C=O) groups excluding carboxylic acids is 1. The summed E-state index contributed by atoms with van der Waals surface area (Å²) in [6.07, 6.45) is 3.09. The maximum Gasteiger partial charge on any atom is 0.255 e. The number of ether oxygens (including phenoxy) is 1. The molecule has 0 spiro atoms. The number of benzene rings is 1. The van der Waals surface area contributed by atoms with E-state index in [2.05, 4.69) is 17.4 Å². The van der Waals surface area contributed by atoms with E-state index in [0.717, 1.165) is 43.8 Å². The predicted molar refractivity (Wildman–Crippen MR) is 90.7 cm³/mol. The van der Waals surface area contributed by atoms with Gasteiger partial charge in [0.1, 0.15) is 11.4 Å². The summed E-state index contributed by atoms with van der Waals surface area (Å²) >= 11 is 0. The van der Waals surface area contributed by atoms with Crippen LogP contribution in [0.4, 0.5) is 0 Å². The van der Waals surface area contributed by atoms with Gasteiger partial charge in [0.2, 0.25) is 0 Å². The van der Waals surface area contributed by atoms with Crippen molar-refractivity contribution in [2.24, 2.45) is 11.8 Å². The van der Waals surface area contributed by atoms with Crippen LogP contribution in [0.15, 0.2) is 24.3 Å². The van der Waals surface area contributed by atoms with Gasteiger partial charge < -0.3 is 20.1 Å². The third-order valence-corrected chi connectivity index (χ3v) is 6.11. The van der Waals surface area contributed by atoms with Crippen molar-refractivity contribution < 1.29 is 14.6 Å². The highest BCUT2D eigenvalue weighted by Crippen LogP contribution is 2.45. The summed E-state index contributed by atoms with van der Waals surface area (Å²) in [6, 6.07) is 8.08. The first-order chi connectivity index (χ1) is 11.6. The van der Waals surface area contributed by atoms with Gasteiger partial charge in [-0.15, -0.1) is 0 Å². The van der Waals surface area contributed by atoms with Gasteiger partial charge in [-0.1, -0.05) is 12.1 Å². The van der Waals surface area contributed by atoms with Crippen molar-refractivity contribution in [3.8, 4) is 5.75 Å². The molecule has 0 bridgehead atoms. The Morgan fingerprint density at radius 2 is 1.96 bits per heavy atom. The first kappa shape index (κ1) is 15.9. The quantitative estimate of drug-likeness (QED) is 0.886. The topological polar surface area (TPSA) is 61.8 Å². The van der Waals surface area contributed by atoms with Crippen LogP contribution in [0.25, 0.3) is 0 Å². The Bertz CT molecular complexity index is 610. The van der Waals surface area contributed by atoms with Crippen molar-refractivity contribution in [1.29, 1.82) is 0 Å². The predicted octanol–water partition coefficient (Wildman–Crippen LogP) is 1.72. The lowest BCUT2D eigenvalue weighted by Gasteiger charge is -2.34. The van der Waals surface area contributed by atoms with Crippen molar-refractivity contribution in [3.63, 3.8) is 0 Å². The number of methoxy groups -OCH3 is 1. The number of rotatable bonds is 3. The number of hydrogen-bond donors (Lipinski definition) is 2. The van der Waals surface area contributed by atoms with E-state index in [-0.39, 0.29) is 11.9 Å². The zero-order valence-corrected chi connectivity index (χ0v) is 14.2. The molecule has 130 valence electrons. The van der Waals surface area contributed by atoms with E-state index >= 15 is 0 Å². The summed E-state index contributed by atoms with van der Waals surface area (Å²) < 4.78 is 5.26. The molecular formula is C19H26N2O3. The Morgan fingerprint density at radius 3 is 2.62 bits per heavy atom. The Hall–Kier alpha value is -1.59. The van der Waals surface area contributed by atoms with Crippen LogP contribution in [0, 0.1) is 11.8 Å². The van der Waals surface area contributed by atoms with E-state index in [4.69, 9.17) is 4.74 Å². The standard InChI is InChI=1S/C19H26N2O3/c1-24-15-6-4-13(5-7-15)17-16-11-20-10-14(16)12-21(17)18(22)19(23)8-2-3-9-19/h4-7,14,16-17,20,23H,2-3,8-12H2,1H3/t14-,16-,17-/m0/s1. The van der Waals surface area contributed by atoms with E-state index in [1.165, 1.54) is 0 Å². The van der Waals surface area contributed by atoms with Crippen LogP contribution in [0.3, 0.4) is 0 Å². The van der Waals surface area contributed by atoms with Gasteiger partial charge in [-0.25, -0.2) is 0 Å². The number of nitrogens with zero attached hydrogens (tertiary/aromatic N) is 1. The van der Waals surface area contributed by atoms with Crippen LogP contribution in [0.1, 0.15) is 37.3 Å². The molecule has 5 heteroatoms. The molecule has 1 aromatic carbocycles. The molecule has 4 rings (SSSR count). The second-order valence-electron chi connectivity index (χ2n) is 7.50. The van der Waals surface area contributed by atoms with Crippen LogP contribution in [-0.2, 0) is 4.79 Å². The molecule has 2 saturated heterocycles. The lowest BCUT2D eigenvalue weighted by Crippen LogP contribution is -2.48. The molecule has 1 aromatic rings. The molecule has 2 aliphatic heterocycles. The number of amides is 1. The van der Waals surface area contributed by atoms with Crippen LogP contribution < -0.4 is 10.1 Å². The lowest BCUT2D eigenvalue weighted by molar-refractivity contribution is -0.152. The van der Waals surface area contributed by atoms with E-state index in [0.29, 0.717) is 24.7 Å². The molecule has 3 fully saturated rings. The Kier molecular flexibility index (Phi) is 4.01. The molecule has 0 aromatic heterocycles. The maximum atomic E-state index is 13.1. The Labute approximate surface area is 143 Å². The van der Waals surface area contributed by atoms with Crippen molar-refractivity contribution in [3.05, 3.63) is 29.8 Å². The molecule has 0 radical (unpaired) electrons. The normalized spacial score (nSPS) is 31.2. The summed E-state index contributed by atoms with van der Waals surface area (Å²) in [7, 11) is 1.66. The summed E-state index contributed by atoms with van der Waals surface area (Å²) in [5.41, 5.74) is -0.00139. The van der Waals surface area contributed by atoms with E-state index in [1.54, 1.807) is 7.11 Å². The molecule has 3 atom stereocenters. The number of fused-ring (bicyclic) bond motifs is 1. The van der Waals surface area contributed by atoms with E-state index in [1.807, 2.05) is 17.0 Å². The maximum absolute atomic E-state index is 13.1. The molecule has 24 heavy (non-hydrogen) atoms. The van der Waals surface area contributed by atoms with Crippen molar-refractivity contribution in [2.75, 3.05) is 26.7 Å². The smallest absolute Gasteiger partial charge is 0.255 e. The van der Waals surface area contributed by atoms with Crippen LogP contribution >= 0.6 is 0 Å². The minimum Gasteiger partial charge on any atom is -0.497 e. The zero-order chi connectivity index (χ0) is 16.7. The monoisotopic (exact) mass is 330 g/mol. The second-order valence-corrected chi connectivity index (χ2v) is 7.50. The highest BCUT2D eigenvalue weighted by atomic mass is 16.5. The summed E-state index contributed by atoms with van der Waals surface area (Å²) in [5, 5.41) is 14.3. The third kappa shape index (κ3) is 2.50. The highest BCUT2D eigenvalue weighted by molar-refractivity contribution is 5.86. The van der Waals surface area contributed by atoms with Crippen LogP contribution in [-0.4, -0.2) is 48.3 Å².